The van der Waals surface area contributed by atoms with Gasteiger partial charge in [0.25, 0.3) is 0 Å². The van der Waals surface area contributed by atoms with Crippen LogP contribution in [-0.4, -0.2) is 48.3 Å². The summed E-state index contributed by atoms with van der Waals surface area (Å²) in [4.78, 5) is 17.5. The van der Waals surface area contributed by atoms with Crippen molar-refractivity contribution < 1.29 is 4.79 Å². The maximum atomic E-state index is 12.5. The van der Waals surface area contributed by atoms with E-state index in [1.54, 1.807) is 0 Å². The Balaban J connectivity index is 1.36. The van der Waals surface area contributed by atoms with Crippen LogP contribution in [0, 0.1) is 6.92 Å². The molecule has 4 rings (SSSR count). The average Bonchev–Trinajstić information content (AvgIpc) is 2.80. The topological polar surface area (TPSA) is 23.6 Å². The van der Waals surface area contributed by atoms with E-state index in [1.807, 2.05) is 31.2 Å². The van der Waals surface area contributed by atoms with Gasteiger partial charge in [0.05, 0.1) is 6.04 Å². The van der Waals surface area contributed by atoms with Gasteiger partial charge >= 0.3 is 0 Å². The minimum Gasteiger partial charge on any atom is -0.300 e. The summed E-state index contributed by atoms with van der Waals surface area (Å²) < 4.78 is 0. The van der Waals surface area contributed by atoms with E-state index in [1.165, 1.54) is 16.7 Å². The standard InChI is InChI=1S/C27H30N2O/c1-22-12-14-23(15-13-22)26(30)16-17-28-18-20-29(21-19-28)27(24-8-4-2-5-9-24)25-10-6-3-7-11-25/h2-15,27H,16-21H2,1H3. The summed E-state index contributed by atoms with van der Waals surface area (Å²) in [5.74, 6) is 0.240. The first-order valence-electron chi connectivity index (χ1n) is 10.9. The summed E-state index contributed by atoms with van der Waals surface area (Å²) in [5, 5.41) is 0. The van der Waals surface area contributed by atoms with Crippen molar-refractivity contribution in [1.29, 1.82) is 0 Å². The highest BCUT2D eigenvalue weighted by atomic mass is 16.1. The monoisotopic (exact) mass is 398 g/mol. The molecule has 1 saturated heterocycles. The fourth-order valence-electron chi connectivity index (χ4n) is 4.27. The number of carbonyl (C=O) groups excluding carboxylic acids is 1. The highest BCUT2D eigenvalue weighted by Crippen LogP contribution is 2.29. The Bertz CT molecular complexity index is 890. The van der Waals surface area contributed by atoms with Crippen LogP contribution in [-0.2, 0) is 0 Å². The van der Waals surface area contributed by atoms with E-state index in [2.05, 4.69) is 70.5 Å². The number of carbonyl (C=O) groups is 1. The van der Waals surface area contributed by atoms with E-state index in [-0.39, 0.29) is 11.8 Å². The molecule has 1 heterocycles. The summed E-state index contributed by atoms with van der Waals surface area (Å²) in [6, 6.07) is 29.8. The third kappa shape index (κ3) is 5.05. The first-order valence-corrected chi connectivity index (χ1v) is 10.9. The van der Waals surface area contributed by atoms with Crippen LogP contribution in [0.4, 0.5) is 0 Å². The number of aryl methyl sites for hydroxylation is 1. The molecule has 0 N–H and O–H groups in total. The van der Waals surface area contributed by atoms with Crippen molar-refractivity contribution in [3.63, 3.8) is 0 Å². The van der Waals surface area contributed by atoms with E-state index in [4.69, 9.17) is 0 Å². The van der Waals surface area contributed by atoms with Crippen molar-refractivity contribution in [3.05, 3.63) is 107 Å². The van der Waals surface area contributed by atoms with Crippen LogP contribution in [0.3, 0.4) is 0 Å². The summed E-state index contributed by atoms with van der Waals surface area (Å²) in [7, 11) is 0. The van der Waals surface area contributed by atoms with Gasteiger partial charge in [-0.15, -0.1) is 0 Å². The van der Waals surface area contributed by atoms with Gasteiger partial charge in [0, 0.05) is 44.7 Å². The third-order valence-corrected chi connectivity index (χ3v) is 6.03. The van der Waals surface area contributed by atoms with Gasteiger partial charge in [0.2, 0.25) is 0 Å². The molecule has 1 aliphatic heterocycles. The highest BCUT2D eigenvalue weighted by molar-refractivity contribution is 5.96. The average molecular weight is 399 g/mol. The quantitative estimate of drug-likeness (QED) is 0.525. The molecule has 3 aromatic carbocycles. The molecule has 3 heteroatoms. The number of rotatable bonds is 7. The number of benzene rings is 3. The number of nitrogens with zero attached hydrogens (tertiary/aromatic N) is 2. The van der Waals surface area contributed by atoms with Crippen molar-refractivity contribution in [2.75, 3.05) is 32.7 Å². The lowest BCUT2D eigenvalue weighted by Crippen LogP contribution is -2.48. The zero-order valence-electron chi connectivity index (χ0n) is 17.7. The molecule has 3 aromatic rings. The molecule has 0 aromatic heterocycles. The summed E-state index contributed by atoms with van der Waals surface area (Å²) in [6.07, 6.45) is 0.587. The van der Waals surface area contributed by atoms with Gasteiger partial charge in [0.15, 0.2) is 5.78 Å². The Morgan fingerprint density at radius 1 is 0.767 bits per heavy atom. The van der Waals surface area contributed by atoms with Crippen molar-refractivity contribution in [2.24, 2.45) is 0 Å². The fraction of sp³-hybridized carbons (Fsp3) is 0.296. The van der Waals surface area contributed by atoms with E-state index in [0.717, 1.165) is 38.3 Å². The van der Waals surface area contributed by atoms with Crippen LogP contribution < -0.4 is 0 Å². The Labute approximate surface area is 180 Å². The fourth-order valence-corrected chi connectivity index (χ4v) is 4.27. The van der Waals surface area contributed by atoms with Gasteiger partial charge in [0.1, 0.15) is 0 Å². The Morgan fingerprint density at radius 3 is 1.83 bits per heavy atom. The maximum Gasteiger partial charge on any atom is 0.164 e. The predicted octanol–water partition coefficient (Wildman–Crippen LogP) is 4.98. The molecule has 0 aliphatic carbocycles. The van der Waals surface area contributed by atoms with Crippen LogP contribution in [0.25, 0.3) is 0 Å². The molecule has 3 nitrogen and oxygen atoms in total. The van der Waals surface area contributed by atoms with E-state index >= 15 is 0 Å². The molecule has 0 unspecified atom stereocenters. The summed E-state index contributed by atoms with van der Waals surface area (Å²) in [6.45, 7) is 6.89. The minimum absolute atomic E-state index is 0.240. The molecule has 0 atom stereocenters. The summed E-state index contributed by atoms with van der Waals surface area (Å²) in [5.41, 5.74) is 4.69. The second-order valence-corrected chi connectivity index (χ2v) is 8.14. The molecule has 154 valence electrons. The van der Waals surface area contributed by atoms with Crippen LogP contribution in [0.15, 0.2) is 84.9 Å². The number of Topliss-reactive ketones (excluding diaryl/α,β-unsaturated/α-hetero) is 1. The minimum atomic E-state index is 0.240. The number of hydrogen-bond acceptors (Lipinski definition) is 3. The van der Waals surface area contributed by atoms with Crippen LogP contribution in [0.1, 0.15) is 39.5 Å². The Morgan fingerprint density at radius 2 is 1.30 bits per heavy atom. The van der Waals surface area contributed by atoms with Crippen molar-refractivity contribution in [1.82, 2.24) is 9.80 Å². The number of piperazine rings is 1. The van der Waals surface area contributed by atoms with Crippen molar-refractivity contribution in [2.45, 2.75) is 19.4 Å². The predicted molar refractivity (Wildman–Crippen MR) is 123 cm³/mol. The van der Waals surface area contributed by atoms with Gasteiger partial charge < -0.3 is 4.90 Å². The molecule has 1 aliphatic rings. The van der Waals surface area contributed by atoms with Crippen LogP contribution in [0.2, 0.25) is 0 Å². The second kappa shape index (κ2) is 9.84. The zero-order valence-corrected chi connectivity index (χ0v) is 17.7. The first kappa shape index (κ1) is 20.5. The SMILES string of the molecule is Cc1ccc(C(=O)CCN2CCN(C(c3ccccc3)c3ccccc3)CC2)cc1. The molecular weight excluding hydrogens is 368 g/mol. The lowest BCUT2D eigenvalue weighted by molar-refractivity contribution is 0.0893. The Hall–Kier alpha value is -2.75. The van der Waals surface area contributed by atoms with Gasteiger partial charge in [-0.1, -0.05) is 90.5 Å². The highest BCUT2D eigenvalue weighted by Gasteiger charge is 2.26. The largest absolute Gasteiger partial charge is 0.300 e. The van der Waals surface area contributed by atoms with Gasteiger partial charge in [-0.25, -0.2) is 0 Å². The normalized spacial score (nSPS) is 15.4. The maximum absolute atomic E-state index is 12.5. The lowest BCUT2D eigenvalue weighted by atomic mass is 9.96. The molecule has 0 saturated carbocycles. The van der Waals surface area contributed by atoms with Crippen LogP contribution in [0.5, 0.6) is 0 Å². The Kier molecular flexibility index (Phi) is 6.73. The molecule has 0 radical (unpaired) electrons. The first-order chi connectivity index (χ1) is 14.7. The van der Waals surface area contributed by atoms with Crippen molar-refractivity contribution in [3.8, 4) is 0 Å². The molecular formula is C27H30N2O. The molecule has 30 heavy (non-hydrogen) atoms. The van der Waals surface area contributed by atoms with Gasteiger partial charge in [-0.3, -0.25) is 9.69 Å². The smallest absolute Gasteiger partial charge is 0.164 e. The number of hydrogen-bond donors (Lipinski definition) is 0. The third-order valence-electron chi connectivity index (χ3n) is 6.03. The van der Waals surface area contributed by atoms with E-state index in [0.29, 0.717) is 6.42 Å². The summed E-state index contributed by atoms with van der Waals surface area (Å²) >= 11 is 0. The van der Waals surface area contributed by atoms with Crippen LogP contribution >= 0.6 is 0 Å². The van der Waals surface area contributed by atoms with Gasteiger partial charge in [-0.2, -0.15) is 0 Å². The van der Waals surface area contributed by atoms with E-state index < -0.39 is 0 Å². The molecule has 1 fully saturated rings. The van der Waals surface area contributed by atoms with Gasteiger partial charge in [-0.05, 0) is 18.1 Å². The lowest BCUT2D eigenvalue weighted by Gasteiger charge is -2.39. The molecule has 0 spiro atoms. The zero-order chi connectivity index (χ0) is 20.8. The van der Waals surface area contributed by atoms with Crippen molar-refractivity contribution >= 4 is 5.78 Å². The molecule has 0 amide bonds. The number of ketones is 1. The molecule has 0 bridgehead atoms. The van der Waals surface area contributed by atoms with E-state index in [9.17, 15) is 4.79 Å². The second-order valence-electron chi connectivity index (χ2n) is 8.14.